The summed E-state index contributed by atoms with van der Waals surface area (Å²) in [6, 6.07) is 3.86. The first-order valence-corrected chi connectivity index (χ1v) is 8.49. The van der Waals surface area contributed by atoms with Gasteiger partial charge >= 0.3 is 0 Å². The van der Waals surface area contributed by atoms with Crippen molar-refractivity contribution in [3.05, 3.63) is 18.2 Å². The van der Waals surface area contributed by atoms with Crippen LogP contribution in [-0.4, -0.2) is 19.6 Å². The van der Waals surface area contributed by atoms with E-state index in [9.17, 15) is 13.5 Å². The molecule has 112 valence electrons. The van der Waals surface area contributed by atoms with Crippen molar-refractivity contribution >= 4 is 15.7 Å². The summed E-state index contributed by atoms with van der Waals surface area (Å²) in [6.07, 6.45) is 5.72. The lowest BCUT2D eigenvalue weighted by Crippen LogP contribution is -2.38. The number of nitrogens with two attached hydrogens (primary N) is 1. The Balaban J connectivity index is 2.11. The van der Waals surface area contributed by atoms with E-state index in [0.717, 1.165) is 12.8 Å². The molecular formula is C14H22N2O3S. The van der Waals surface area contributed by atoms with Crippen LogP contribution in [0.1, 0.15) is 39.0 Å². The maximum absolute atomic E-state index is 12.3. The monoisotopic (exact) mass is 298 g/mol. The fourth-order valence-electron chi connectivity index (χ4n) is 2.74. The van der Waals surface area contributed by atoms with Crippen molar-refractivity contribution < 1.29 is 13.5 Å². The van der Waals surface area contributed by atoms with Gasteiger partial charge in [0.2, 0.25) is 10.0 Å². The van der Waals surface area contributed by atoms with E-state index in [2.05, 4.69) is 4.72 Å². The minimum Gasteiger partial charge on any atom is -0.506 e. The van der Waals surface area contributed by atoms with Crippen LogP contribution in [-0.2, 0) is 10.0 Å². The molecular weight excluding hydrogens is 276 g/mol. The van der Waals surface area contributed by atoms with Crippen molar-refractivity contribution in [1.82, 2.24) is 4.72 Å². The van der Waals surface area contributed by atoms with Gasteiger partial charge in [-0.15, -0.1) is 0 Å². The quantitative estimate of drug-likeness (QED) is 0.587. The molecule has 1 aromatic rings. The first-order chi connectivity index (χ1) is 9.40. The van der Waals surface area contributed by atoms with Gasteiger partial charge in [-0.2, -0.15) is 0 Å². The van der Waals surface area contributed by atoms with Crippen molar-refractivity contribution in [1.29, 1.82) is 0 Å². The second-order valence-electron chi connectivity index (χ2n) is 5.53. The fourth-order valence-corrected chi connectivity index (χ4v) is 4.09. The molecule has 0 heterocycles. The number of nitrogen functional groups attached to an aromatic ring is 1. The van der Waals surface area contributed by atoms with E-state index in [0.29, 0.717) is 5.92 Å². The maximum atomic E-state index is 12.3. The highest BCUT2D eigenvalue weighted by atomic mass is 32.2. The summed E-state index contributed by atoms with van der Waals surface area (Å²) in [5.74, 6) is 0.289. The third kappa shape index (κ3) is 3.43. The van der Waals surface area contributed by atoms with Crippen molar-refractivity contribution in [3.63, 3.8) is 0 Å². The standard InChI is InChI=1S/C14H22N2O3S/c1-10(11-5-3-2-4-6-11)16-20(18,19)12-7-8-14(17)13(15)9-12/h7-11,16-17H,2-6,15H2,1H3. The molecule has 1 aliphatic rings. The van der Waals surface area contributed by atoms with E-state index in [1.807, 2.05) is 6.92 Å². The van der Waals surface area contributed by atoms with Gasteiger partial charge in [-0.3, -0.25) is 0 Å². The third-order valence-electron chi connectivity index (χ3n) is 4.01. The van der Waals surface area contributed by atoms with E-state index in [4.69, 9.17) is 5.73 Å². The molecule has 1 fully saturated rings. The Morgan fingerprint density at radius 1 is 1.30 bits per heavy atom. The van der Waals surface area contributed by atoms with Crippen LogP contribution in [0.2, 0.25) is 0 Å². The first kappa shape index (κ1) is 15.1. The third-order valence-corrected chi connectivity index (χ3v) is 5.56. The summed E-state index contributed by atoms with van der Waals surface area (Å²) in [6.45, 7) is 1.91. The normalized spacial score (nSPS) is 18.9. The molecule has 1 saturated carbocycles. The number of nitrogens with one attached hydrogen (secondary N) is 1. The molecule has 4 N–H and O–H groups in total. The highest BCUT2D eigenvalue weighted by molar-refractivity contribution is 7.89. The molecule has 20 heavy (non-hydrogen) atoms. The van der Waals surface area contributed by atoms with E-state index in [1.165, 1.54) is 37.5 Å². The summed E-state index contributed by atoms with van der Waals surface area (Å²) in [4.78, 5) is 0.0930. The van der Waals surface area contributed by atoms with Crippen LogP contribution in [0.5, 0.6) is 5.75 Å². The summed E-state index contributed by atoms with van der Waals surface area (Å²) in [7, 11) is -3.59. The lowest BCUT2D eigenvalue weighted by atomic mass is 9.85. The van der Waals surface area contributed by atoms with Gasteiger partial charge in [0.05, 0.1) is 10.6 Å². The maximum Gasteiger partial charge on any atom is 0.240 e. The summed E-state index contributed by atoms with van der Waals surface area (Å²) < 4.78 is 27.3. The van der Waals surface area contributed by atoms with Crippen molar-refractivity contribution in [2.24, 2.45) is 5.92 Å². The second kappa shape index (κ2) is 6.01. The second-order valence-corrected chi connectivity index (χ2v) is 7.24. The van der Waals surface area contributed by atoms with Crippen LogP contribution in [0.3, 0.4) is 0 Å². The summed E-state index contributed by atoms with van der Waals surface area (Å²) >= 11 is 0. The molecule has 0 aliphatic heterocycles. The molecule has 0 spiro atoms. The first-order valence-electron chi connectivity index (χ1n) is 7.01. The lowest BCUT2D eigenvalue weighted by Gasteiger charge is -2.28. The van der Waals surface area contributed by atoms with Crippen LogP contribution in [0.25, 0.3) is 0 Å². The fraction of sp³-hybridized carbons (Fsp3) is 0.571. The lowest BCUT2D eigenvalue weighted by molar-refractivity contribution is 0.303. The predicted molar refractivity (Wildman–Crippen MR) is 78.9 cm³/mol. The van der Waals surface area contributed by atoms with Gasteiger partial charge in [-0.05, 0) is 43.9 Å². The molecule has 1 aromatic carbocycles. The number of aromatic hydroxyl groups is 1. The highest BCUT2D eigenvalue weighted by Gasteiger charge is 2.25. The molecule has 5 nitrogen and oxygen atoms in total. The molecule has 0 radical (unpaired) electrons. The average Bonchev–Trinajstić information content (AvgIpc) is 2.42. The van der Waals surface area contributed by atoms with E-state index in [1.54, 1.807) is 0 Å². The zero-order valence-corrected chi connectivity index (χ0v) is 12.5. The molecule has 1 atom stereocenters. The topological polar surface area (TPSA) is 92.4 Å². The Hall–Kier alpha value is -1.27. The van der Waals surface area contributed by atoms with Crippen molar-refractivity contribution in [2.75, 3.05) is 5.73 Å². The number of hydrogen-bond donors (Lipinski definition) is 3. The van der Waals surface area contributed by atoms with Gasteiger partial charge in [0.25, 0.3) is 0 Å². The summed E-state index contributed by atoms with van der Waals surface area (Å²) in [5.41, 5.74) is 5.62. The predicted octanol–water partition coefficient (Wildman–Crippen LogP) is 2.22. The minimum absolute atomic E-state index is 0.0678. The Morgan fingerprint density at radius 3 is 2.55 bits per heavy atom. The summed E-state index contributed by atoms with van der Waals surface area (Å²) in [5, 5.41) is 9.35. The molecule has 1 aliphatic carbocycles. The highest BCUT2D eigenvalue weighted by Crippen LogP contribution is 2.28. The molecule has 0 amide bonds. The Bertz CT molecular complexity index is 566. The Labute approximate surface area is 120 Å². The van der Waals surface area contributed by atoms with Crippen molar-refractivity contribution in [2.45, 2.75) is 50.0 Å². The molecule has 0 saturated heterocycles. The number of phenolic OH excluding ortho intramolecular Hbond substituents is 1. The SMILES string of the molecule is CC(NS(=O)(=O)c1ccc(O)c(N)c1)C1CCCCC1. The number of rotatable bonds is 4. The number of hydrogen-bond acceptors (Lipinski definition) is 4. The Kier molecular flexibility index (Phi) is 4.55. The van der Waals surface area contributed by atoms with Crippen LogP contribution < -0.4 is 10.5 Å². The Morgan fingerprint density at radius 2 is 1.95 bits per heavy atom. The van der Waals surface area contributed by atoms with E-state index in [-0.39, 0.29) is 22.4 Å². The van der Waals surface area contributed by atoms with E-state index < -0.39 is 10.0 Å². The molecule has 6 heteroatoms. The van der Waals surface area contributed by atoms with Crippen LogP contribution >= 0.6 is 0 Å². The number of sulfonamides is 1. The van der Waals surface area contributed by atoms with Gasteiger partial charge < -0.3 is 10.8 Å². The smallest absolute Gasteiger partial charge is 0.240 e. The zero-order chi connectivity index (χ0) is 14.8. The van der Waals surface area contributed by atoms with Crippen LogP contribution in [0.15, 0.2) is 23.1 Å². The van der Waals surface area contributed by atoms with Crippen molar-refractivity contribution in [3.8, 4) is 5.75 Å². The van der Waals surface area contributed by atoms with Gasteiger partial charge in [-0.25, -0.2) is 13.1 Å². The number of benzene rings is 1. The zero-order valence-electron chi connectivity index (χ0n) is 11.7. The largest absolute Gasteiger partial charge is 0.506 e. The van der Waals surface area contributed by atoms with Crippen LogP contribution in [0, 0.1) is 5.92 Å². The molecule has 2 rings (SSSR count). The minimum atomic E-state index is -3.59. The molecule has 1 unspecified atom stereocenters. The van der Waals surface area contributed by atoms with E-state index >= 15 is 0 Å². The van der Waals surface area contributed by atoms with Gasteiger partial charge in [0, 0.05) is 6.04 Å². The molecule has 0 aromatic heterocycles. The number of phenols is 1. The van der Waals surface area contributed by atoms with Gasteiger partial charge in [0.1, 0.15) is 5.75 Å². The number of anilines is 1. The van der Waals surface area contributed by atoms with Gasteiger partial charge in [0.15, 0.2) is 0 Å². The average molecular weight is 298 g/mol. The van der Waals surface area contributed by atoms with Gasteiger partial charge in [-0.1, -0.05) is 19.3 Å². The van der Waals surface area contributed by atoms with Crippen LogP contribution in [0.4, 0.5) is 5.69 Å². The molecule has 0 bridgehead atoms.